The number of nitrogens with one attached hydrogen (secondary N) is 2. The van der Waals surface area contributed by atoms with Gasteiger partial charge in [0.25, 0.3) is 5.91 Å². The first-order chi connectivity index (χ1) is 15.1. The lowest BCUT2D eigenvalue weighted by Gasteiger charge is -2.11. The van der Waals surface area contributed by atoms with Gasteiger partial charge in [0.1, 0.15) is 0 Å². The maximum atomic E-state index is 12.9. The van der Waals surface area contributed by atoms with Gasteiger partial charge in [0.2, 0.25) is 5.91 Å². The topological polar surface area (TPSA) is 71.1 Å². The molecule has 4 rings (SSSR count). The van der Waals surface area contributed by atoms with Crippen LogP contribution in [-0.2, 0) is 4.79 Å². The number of allylic oxidation sites excluding steroid dienone is 2. The van der Waals surface area contributed by atoms with E-state index in [-0.39, 0.29) is 29.1 Å². The van der Waals surface area contributed by atoms with E-state index < -0.39 is 0 Å². The number of para-hydroxylation sites is 1. The van der Waals surface area contributed by atoms with Gasteiger partial charge in [-0.25, -0.2) is 4.98 Å². The highest BCUT2D eigenvalue weighted by Gasteiger charge is 2.60. The fraction of sp³-hybridized carbons (Fsp3) is 0.346. The van der Waals surface area contributed by atoms with Crippen LogP contribution in [0.4, 0.5) is 10.8 Å². The van der Waals surface area contributed by atoms with E-state index in [4.69, 9.17) is 0 Å². The number of anilines is 2. The number of aromatic nitrogens is 1. The predicted molar refractivity (Wildman–Crippen MR) is 132 cm³/mol. The highest BCUT2D eigenvalue weighted by Crippen LogP contribution is 2.59. The molecule has 1 aliphatic carbocycles. The van der Waals surface area contributed by atoms with Gasteiger partial charge in [-0.05, 0) is 68.4 Å². The van der Waals surface area contributed by atoms with Crippen molar-refractivity contribution < 1.29 is 9.59 Å². The van der Waals surface area contributed by atoms with Crippen LogP contribution in [0.2, 0.25) is 0 Å². The fourth-order valence-electron chi connectivity index (χ4n) is 4.35. The van der Waals surface area contributed by atoms with Gasteiger partial charge in [-0.3, -0.25) is 9.59 Å². The zero-order valence-electron chi connectivity index (χ0n) is 19.4. The van der Waals surface area contributed by atoms with Crippen LogP contribution >= 0.6 is 11.3 Å². The molecule has 0 saturated heterocycles. The van der Waals surface area contributed by atoms with Crippen LogP contribution in [0.3, 0.4) is 0 Å². The second kappa shape index (κ2) is 8.17. The molecule has 1 saturated carbocycles. The lowest BCUT2D eigenvalue weighted by atomic mass is 10.1. The summed E-state index contributed by atoms with van der Waals surface area (Å²) in [6, 6.07) is 11.4. The Hall–Kier alpha value is -2.99. The van der Waals surface area contributed by atoms with Crippen molar-refractivity contribution in [2.75, 3.05) is 10.6 Å². The van der Waals surface area contributed by atoms with Crippen LogP contribution in [0, 0.1) is 31.1 Å². The number of aryl methyl sites for hydroxylation is 2. The first-order valence-corrected chi connectivity index (χ1v) is 11.6. The minimum atomic E-state index is -0.160. The summed E-state index contributed by atoms with van der Waals surface area (Å²) in [5.74, 6) is 0.0438. The van der Waals surface area contributed by atoms with Crippen molar-refractivity contribution in [3.63, 3.8) is 0 Å². The molecule has 1 aliphatic rings. The standard InChI is InChI=1S/C26H29N3O2S/c1-14(2)12-18-21(26(18,5)6)24(31)29-25-27-19-11-10-17(13-20(19)32-25)23(30)28-22-15(3)8-7-9-16(22)4/h7-13,18,21H,1-6H3,(H,28,30)(H,27,29,31). The molecule has 2 unspecified atom stereocenters. The summed E-state index contributed by atoms with van der Waals surface area (Å²) in [4.78, 5) is 30.3. The van der Waals surface area contributed by atoms with Crippen LogP contribution in [-0.4, -0.2) is 16.8 Å². The van der Waals surface area contributed by atoms with Crippen molar-refractivity contribution in [1.82, 2.24) is 4.98 Å². The van der Waals surface area contributed by atoms with E-state index in [1.165, 1.54) is 16.9 Å². The Kier molecular flexibility index (Phi) is 5.67. The Morgan fingerprint density at radius 2 is 1.75 bits per heavy atom. The summed E-state index contributed by atoms with van der Waals surface area (Å²) in [5.41, 5.74) is 5.40. The largest absolute Gasteiger partial charge is 0.322 e. The highest BCUT2D eigenvalue weighted by molar-refractivity contribution is 7.22. The molecule has 166 valence electrons. The van der Waals surface area contributed by atoms with Crippen molar-refractivity contribution in [1.29, 1.82) is 0 Å². The normalized spacial score (nSPS) is 18.8. The first kappa shape index (κ1) is 22.2. The number of nitrogens with zero attached hydrogens (tertiary/aromatic N) is 1. The molecular weight excluding hydrogens is 418 g/mol. The number of fused-ring (bicyclic) bond motifs is 1. The average molecular weight is 448 g/mol. The molecule has 2 atom stereocenters. The van der Waals surface area contributed by atoms with Crippen molar-refractivity contribution in [2.45, 2.75) is 41.5 Å². The summed E-state index contributed by atoms with van der Waals surface area (Å²) in [5, 5.41) is 6.58. The molecule has 0 bridgehead atoms. The van der Waals surface area contributed by atoms with Crippen LogP contribution < -0.4 is 10.6 Å². The molecule has 1 aromatic heterocycles. The molecule has 5 nitrogen and oxygen atoms in total. The number of carbonyl (C=O) groups is 2. The van der Waals surface area contributed by atoms with E-state index in [1.54, 1.807) is 6.07 Å². The molecular formula is C26H29N3O2S. The fourth-order valence-corrected chi connectivity index (χ4v) is 5.26. The van der Waals surface area contributed by atoms with Crippen LogP contribution in [0.25, 0.3) is 10.2 Å². The van der Waals surface area contributed by atoms with E-state index in [0.29, 0.717) is 10.7 Å². The van der Waals surface area contributed by atoms with E-state index in [1.807, 2.05) is 44.2 Å². The Morgan fingerprint density at radius 3 is 2.41 bits per heavy atom. The Balaban J connectivity index is 1.50. The summed E-state index contributed by atoms with van der Waals surface area (Å²) in [7, 11) is 0. The summed E-state index contributed by atoms with van der Waals surface area (Å²) < 4.78 is 0.866. The number of carbonyl (C=O) groups excluding carboxylic acids is 2. The van der Waals surface area contributed by atoms with E-state index in [2.05, 4.69) is 49.4 Å². The van der Waals surface area contributed by atoms with Gasteiger partial charge >= 0.3 is 0 Å². The average Bonchev–Trinajstić information content (AvgIpc) is 3.04. The van der Waals surface area contributed by atoms with E-state index >= 15 is 0 Å². The third-order valence-electron chi connectivity index (χ3n) is 6.31. The van der Waals surface area contributed by atoms with Gasteiger partial charge in [-0.1, -0.05) is 55.0 Å². The van der Waals surface area contributed by atoms with E-state index in [9.17, 15) is 9.59 Å². The Labute approximate surface area is 193 Å². The predicted octanol–water partition coefficient (Wildman–Crippen LogP) is 6.34. The number of benzene rings is 2. The first-order valence-electron chi connectivity index (χ1n) is 10.8. The molecule has 32 heavy (non-hydrogen) atoms. The third kappa shape index (κ3) is 4.19. The van der Waals surface area contributed by atoms with Gasteiger partial charge in [-0.15, -0.1) is 0 Å². The van der Waals surface area contributed by atoms with E-state index in [0.717, 1.165) is 27.0 Å². The van der Waals surface area contributed by atoms with Crippen LogP contribution in [0.5, 0.6) is 0 Å². The lowest BCUT2D eigenvalue weighted by Crippen LogP contribution is -2.16. The molecule has 0 spiro atoms. The zero-order chi connectivity index (χ0) is 23.2. The van der Waals surface area contributed by atoms with Crippen LogP contribution in [0.1, 0.15) is 49.2 Å². The molecule has 6 heteroatoms. The maximum Gasteiger partial charge on any atom is 0.255 e. The quantitative estimate of drug-likeness (QED) is 0.448. The monoisotopic (exact) mass is 447 g/mol. The molecule has 2 amide bonds. The van der Waals surface area contributed by atoms with Crippen molar-refractivity contribution in [2.24, 2.45) is 17.3 Å². The van der Waals surface area contributed by atoms with Gasteiger partial charge in [0.05, 0.1) is 16.1 Å². The van der Waals surface area contributed by atoms with Gasteiger partial charge in [0, 0.05) is 11.3 Å². The minimum absolute atomic E-state index is 0.00421. The Bertz CT molecular complexity index is 1230. The number of hydrogen-bond donors (Lipinski definition) is 2. The molecule has 0 aliphatic heterocycles. The lowest BCUT2D eigenvalue weighted by molar-refractivity contribution is -0.118. The van der Waals surface area contributed by atoms with Gasteiger partial charge < -0.3 is 10.6 Å². The number of rotatable bonds is 5. The third-order valence-corrected chi connectivity index (χ3v) is 7.24. The van der Waals surface area contributed by atoms with Crippen molar-refractivity contribution in [3.05, 3.63) is 64.7 Å². The SMILES string of the molecule is CC(C)=CC1C(C(=O)Nc2nc3ccc(C(=O)Nc4c(C)cccc4C)cc3s2)C1(C)C. The maximum absolute atomic E-state index is 12.9. The second-order valence-corrected chi connectivity index (χ2v) is 10.5. The van der Waals surface area contributed by atoms with Gasteiger partial charge in [0.15, 0.2) is 5.13 Å². The minimum Gasteiger partial charge on any atom is -0.322 e. The second-order valence-electron chi connectivity index (χ2n) is 9.48. The summed E-state index contributed by atoms with van der Waals surface area (Å²) >= 11 is 1.39. The molecule has 2 N–H and O–H groups in total. The highest BCUT2D eigenvalue weighted by atomic mass is 32.1. The van der Waals surface area contributed by atoms with Crippen molar-refractivity contribution in [3.8, 4) is 0 Å². The number of thiazole rings is 1. The van der Waals surface area contributed by atoms with Gasteiger partial charge in [-0.2, -0.15) is 0 Å². The zero-order valence-corrected chi connectivity index (χ0v) is 20.2. The number of amides is 2. The Morgan fingerprint density at radius 1 is 1.06 bits per heavy atom. The summed E-state index contributed by atoms with van der Waals surface area (Å²) in [6.07, 6.45) is 2.18. The molecule has 0 radical (unpaired) electrons. The molecule has 1 fully saturated rings. The number of hydrogen-bond acceptors (Lipinski definition) is 4. The summed E-state index contributed by atoms with van der Waals surface area (Å²) in [6.45, 7) is 12.3. The molecule has 3 aromatic rings. The van der Waals surface area contributed by atoms with Crippen molar-refractivity contribution >= 4 is 44.2 Å². The molecule has 2 aromatic carbocycles. The van der Waals surface area contributed by atoms with Crippen LogP contribution in [0.15, 0.2) is 48.0 Å². The molecule has 1 heterocycles. The smallest absolute Gasteiger partial charge is 0.255 e.